The van der Waals surface area contributed by atoms with Gasteiger partial charge in [-0.2, -0.15) is 0 Å². The van der Waals surface area contributed by atoms with Crippen molar-refractivity contribution >= 4 is 29.4 Å². The maximum atomic E-state index is 13.5. The highest BCUT2D eigenvalue weighted by Gasteiger charge is 2.46. The number of amides is 3. The van der Waals surface area contributed by atoms with Gasteiger partial charge < -0.3 is 20.1 Å². The van der Waals surface area contributed by atoms with Gasteiger partial charge in [-0.25, -0.2) is 4.79 Å². The molecule has 9 heteroatoms. The SMILES string of the molecule is COC(=O)[C@@H](NC(=O)[C@@H](NC(=O)/C(C)=C1/C(=O)N(c2ccc(OC)cc2)C1c1ccccc1)C(C)C)C(C)C. The van der Waals surface area contributed by atoms with Crippen molar-refractivity contribution < 1.29 is 28.7 Å². The number of ether oxygens (including phenoxy) is 2. The van der Waals surface area contributed by atoms with Crippen molar-refractivity contribution in [3.05, 3.63) is 71.3 Å². The Labute approximate surface area is 229 Å². The van der Waals surface area contributed by atoms with Crippen molar-refractivity contribution in [2.24, 2.45) is 11.8 Å². The van der Waals surface area contributed by atoms with Gasteiger partial charge in [0.25, 0.3) is 5.91 Å². The summed E-state index contributed by atoms with van der Waals surface area (Å²) in [5.41, 5.74) is 2.11. The molecule has 0 aromatic heterocycles. The van der Waals surface area contributed by atoms with E-state index in [1.807, 2.05) is 30.3 Å². The lowest BCUT2D eigenvalue weighted by atomic mass is 9.84. The minimum Gasteiger partial charge on any atom is -0.497 e. The van der Waals surface area contributed by atoms with Gasteiger partial charge in [0.2, 0.25) is 11.8 Å². The second-order valence-electron chi connectivity index (χ2n) is 10.2. The number of hydrogen-bond donors (Lipinski definition) is 2. The summed E-state index contributed by atoms with van der Waals surface area (Å²) >= 11 is 0. The Morgan fingerprint density at radius 3 is 1.95 bits per heavy atom. The lowest BCUT2D eigenvalue weighted by Gasteiger charge is -2.44. The Morgan fingerprint density at radius 1 is 0.846 bits per heavy atom. The van der Waals surface area contributed by atoms with Gasteiger partial charge in [0.05, 0.1) is 25.8 Å². The van der Waals surface area contributed by atoms with Crippen molar-refractivity contribution in [1.29, 1.82) is 0 Å². The molecule has 0 aliphatic carbocycles. The van der Waals surface area contributed by atoms with Gasteiger partial charge in [-0.15, -0.1) is 0 Å². The number of benzene rings is 2. The van der Waals surface area contributed by atoms with Crippen LogP contribution in [-0.4, -0.2) is 50.0 Å². The van der Waals surface area contributed by atoms with E-state index in [-0.39, 0.29) is 23.3 Å². The third kappa shape index (κ3) is 6.30. The first kappa shape index (κ1) is 29.4. The summed E-state index contributed by atoms with van der Waals surface area (Å²) in [5.74, 6) is -1.71. The van der Waals surface area contributed by atoms with Gasteiger partial charge in [-0.1, -0.05) is 58.0 Å². The number of nitrogens with zero attached hydrogens (tertiary/aromatic N) is 1. The number of esters is 1. The predicted molar refractivity (Wildman–Crippen MR) is 148 cm³/mol. The van der Waals surface area contributed by atoms with Crippen LogP contribution in [0.3, 0.4) is 0 Å². The summed E-state index contributed by atoms with van der Waals surface area (Å²) in [6.07, 6.45) is 0. The van der Waals surface area contributed by atoms with Crippen molar-refractivity contribution in [2.75, 3.05) is 19.1 Å². The number of carbonyl (C=O) groups excluding carboxylic acids is 4. The third-order valence-corrected chi connectivity index (χ3v) is 6.85. The number of nitrogens with one attached hydrogen (secondary N) is 2. The molecule has 3 amide bonds. The quantitative estimate of drug-likeness (QED) is 0.273. The monoisotopic (exact) mass is 535 g/mol. The topological polar surface area (TPSA) is 114 Å². The lowest BCUT2D eigenvalue weighted by Crippen LogP contribution is -2.56. The van der Waals surface area contributed by atoms with Gasteiger partial charge in [0.15, 0.2) is 0 Å². The standard InChI is InChI=1S/C30H37N3O6/c1-17(2)24(28(35)32-25(18(3)4)30(37)39-7)31-27(34)19(5)23-26(20-11-9-8-10-12-20)33(29(23)36)21-13-15-22(38-6)16-14-21/h8-18,24-26H,1-7H3,(H,31,34)(H,32,35)/b23-19+/t24-,25-,26?/m0/s1. The molecule has 0 spiro atoms. The molecule has 9 nitrogen and oxygen atoms in total. The summed E-state index contributed by atoms with van der Waals surface area (Å²) in [6, 6.07) is 14.3. The summed E-state index contributed by atoms with van der Waals surface area (Å²) in [4.78, 5) is 53.8. The summed E-state index contributed by atoms with van der Waals surface area (Å²) in [6.45, 7) is 8.76. The average Bonchev–Trinajstić information content (AvgIpc) is 2.92. The maximum absolute atomic E-state index is 13.5. The van der Waals surface area contributed by atoms with Gasteiger partial charge in [-0.05, 0) is 48.6 Å². The molecule has 2 aromatic carbocycles. The van der Waals surface area contributed by atoms with Crippen LogP contribution >= 0.6 is 0 Å². The first-order chi connectivity index (χ1) is 18.5. The van der Waals surface area contributed by atoms with Crippen LogP contribution in [0.2, 0.25) is 0 Å². The van der Waals surface area contributed by atoms with E-state index in [0.29, 0.717) is 17.0 Å². The third-order valence-electron chi connectivity index (χ3n) is 6.85. The molecule has 1 aliphatic heterocycles. The van der Waals surface area contributed by atoms with E-state index in [4.69, 9.17) is 9.47 Å². The van der Waals surface area contributed by atoms with Crippen LogP contribution in [0.15, 0.2) is 65.7 Å². The fourth-order valence-electron chi connectivity index (χ4n) is 4.53. The molecular weight excluding hydrogens is 498 g/mol. The molecule has 208 valence electrons. The van der Waals surface area contributed by atoms with Crippen molar-refractivity contribution in [3.63, 3.8) is 0 Å². The first-order valence-corrected chi connectivity index (χ1v) is 12.9. The molecular formula is C30H37N3O6. The van der Waals surface area contributed by atoms with Gasteiger partial charge in [0, 0.05) is 11.3 Å². The molecule has 39 heavy (non-hydrogen) atoms. The van der Waals surface area contributed by atoms with Gasteiger partial charge in [0.1, 0.15) is 17.8 Å². The van der Waals surface area contributed by atoms with Crippen LogP contribution in [0.25, 0.3) is 0 Å². The van der Waals surface area contributed by atoms with Crippen molar-refractivity contribution in [2.45, 2.75) is 52.7 Å². The number of carbonyl (C=O) groups is 4. The van der Waals surface area contributed by atoms with E-state index in [0.717, 1.165) is 5.56 Å². The minimum atomic E-state index is -0.929. The number of methoxy groups -OCH3 is 2. The molecule has 1 aliphatic rings. The zero-order chi connectivity index (χ0) is 28.9. The average molecular weight is 536 g/mol. The van der Waals surface area contributed by atoms with Gasteiger partial charge >= 0.3 is 5.97 Å². The molecule has 3 rings (SSSR count). The minimum absolute atomic E-state index is 0.211. The van der Waals surface area contributed by atoms with Crippen LogP contribution in [0, 0.1) is 11.8 Å². The molecule has 0 radical (unpaired) electrons. The lowest BCUT2D eigenvalue weighted by molar-refractivity contribution is -0.146. The molecule has 1 saturated heterocycles. The van der Waals surface area contributed by atoms with E-state index < -0.39 is 35.9 Å². The number of β-lactam (4-membered cyclic amide) rings is 1. The van der Waals surface area contributed by atoms with E-state index in [9.17, 15) is 19.2 Å². The summed E-state index contributed by atoms with van der Waals surface area (Å²) in [5, 5.41) is 5.48. The van der Waals surface area contributed by atoms with E-state index in [2.05, 4.69) is 10.6 Å². The molecule has 2 aromatic rings. The van der Waals surface area contributed by atoms with E-state index in [1.54, 1.807) is 70.9 Å². The zero-order valence-electron chi connectivity index (χ0n) is 23.5. The normalized spacial score (nSPS) is 17.7. The number of rotatable bonds is 10. The zero-order valence-corrected chi connectivity index (χ0v) is 23.5. The Kier molecular flexibility index (Phi) is 9.51. The highest BCUT2D eigenvalue weighted by atomic mass is 16.5. The summed E-state index contributed by atoms with van der Waals surface area (Å²) in [7, 11) is 2.83. The van der Waals surface area contributed by atoms with Crippen LogP contribution < -0.4 is 20.3 Å². The fraction of sp³-hybridized carbons (Fsp3) is 0.400. The molecule has 2 N–H and O–H groups in total. The molecule has 1 heterocycles. The molecule has 1 unspecified atom stereocenters. The Morgan fingerprint density at radius 2 is 1.44 bits per heavy atom. The van der Waals surface area contributed by atoms with Crippen molar-refractivity contribution in [3.8, 4) is 5.75 Å². The van der Waals surface area contributed by atoms with Crippen LogP contribution in [0.5, 0.6) is 5.75 Å². The van der Waals surface area contributed by atoms with E-state index in [1.165, 1.54) is 7.11 Å². The fourth-order valence-corrected chi connectivity index (χ4v) is 4.53. The van der Waals surface area contributed by atoms with E-state index >= 15 is 0 Å². The number of hydrogen-bond acceptors (Lipinski definition) is 6. The second kappa shape index (κ2) is 12.6. The Hall–Kier alpha value is -4.14. The largest absolute Gasteiger partial charge is 0.497 e. The first-order valence-electron chi connectivity index (χ1n) is 12.9. The van der Waals surface area contributed by atoms with Crippen LogP contribution in [0.4, 0.5) is 5.69 Å². The highest BCUT2D eigenvalue weighted by molar-refractivity contribution is 6.19. The predicted octanol–water partition coefficient (Wildman–Crippen LogP) is 3.55. The second-order valence-corrected chi connectivity index (χ2v) is 10.2. The maximum Gasteiger partial charge on any atom is 0.328 e. The molecule has 1 fully saturated rings. The molecule has 0 bridgehead atoms. The molecule has 0 saturated carbocycles. The Bertz CT molecular complexity index is 1240. The smallest absolute Gasteiger partial charge is 0.328 e. The highest BCUT2D eigenvalue weighted by Crippen LogP contribution is 2.44. The van der Waals surface area contributed by atoms with Crippen LogP contribution in [-0.2, 0) is 23.9 Å². The van der Waals surface area contributed by atoms with Gasteiger partial charge in [-0.3, -0.25) is 19.3 Å². The van der Waals surface area contributed by atoms with Crippen LogP contribution in [0.1, 0.15) is 46.2 Å². The Balaban J connectivity index is 1.91. The van der Waals surface area contributed by atoms with Crippen molar-refractivity contribution in [1.82, 2.24) is 10.6 Å². The number of anilines is 1. The molecule has 3 atom stereocenters. The summed E-state index contributed by atoms with van der Waals surface area (Å²) < 4.78 is 10.1.